The van der Waals surface area contributed by atoms with Crippen LogP contribution in [0.25, 0.3) is 0 Å². The van der Waals surface area contributed by atoms with E-state index in [-0.39, 0.29) is 23.9 Å². The number of esters is 2. The molecule has 1 fully saturated rings. The van der Waals surface area contributed by atoms with Crippen LogP contribution in [-0.4, -0.2) is 30.7 Å². The maximum absolute atomic E-state index is 12.0. The first-order valence-electron chi connectivity index (χ1n) is 6.31. The second-order valence-corrected chi connectivity index (χ2v) is 5.84. The van der Waals surface area contributed by atoms with Gasteiger partial charge in [-0.2, -0.15) is 0 Å². The Morgan fingerprint density at radius 2 is 1.78 bits per heavy atom. The summed E-state index contributed by atoms with van der Waals surface area (Å²) in [7, 11) is 1.34. The first kappa shape index (κ1) is 15.0. The Kier molecular flexibility index (Phi) is 4.73. The van der Waals surface area contributed by atoms with Crippen molar-refractivity contribution in [3.05, 3.63) is 0 Å². The highest BCUT2D eigenvalue weighted by atomic mass is 16.6. The van der Waals surface area contributed by atoms with Gasteiger partial charge < -0.3 is 15.2 Å². The monoisotopic (exact) mass is 257 g/mol. The summed E-state index contributed by atoms with van der Waals surface area (Å²) in [6.45, 7) is 5.49. The van der Waals surface area contributed by atoms with Gasteiger partial charge in [0.1, 0.15) is 5.60 Å². The van der Waals surface area contributed by atoms with E-state index in [9.17, 15) is 9.59 Å². The predicted molar refractivity (Wildman–Crippen MR) is 66.7 cm³/mol. The summed E-state index contributed by atoms with van der Waals surface area (Å²) < 4.78 is 10.1. The van der Waals surface area contributed by atoms with Crippen molar-refractivity contribution < 1.29 is 19.1 Å². The molecule has 0 aliphatic heterocycles. The van der Waals surface area contributed by atoms with Crippen LogP contribution in [0.2, 0.25) is 0 Å². The Morgan fingerprint density at radius 1 is 1.17 bits per heavy atom. The summed E-state index contributed by atoms with van der Waals surface area (Å²) >= 11 is 0. The fraction of sp³-hybridized carbons (Fsp3) is 0.846. The van der Waals surface area contributed by atoms with E-state index in [1.54, 1.807) is 0 Å². The molecule has 5 nitrogen and oxygen atoms in total. The van der Waals surface area contributed by atoms with Crippen molar-refractivity contribution in [3.8, 4) is 0 Å². The van der Waals surface area contributed by atoms with Crippen molar-refractivity contribution in [3.63, 3.8) is 0 Å². The lowest BCUT2D eigenvalue weighted by Gasteiger charge is -2.32. The summed E-state index contributed by atoms with van der Waals surface area (Å²) in [6, 6.07) is -0.226. The third kappa shape index (κ3) is 3.98. The molecule has 0 aromatic carbocycles. The Labute approximate surface area is 108 Å². The highest BCUT2D eigenvalue weighted by molar-refractivity contribution is 5.77. The van der Waals surface area contributed by atoms with Crippen molar-refractivity contribution >= 4 is 11.9 Å². The lowest BCUT2D eigenvalue weighted by atomic mass is 9.78. The molecule has 104 valence electrons. The molecular formula is C13H23NO4. The normalized spacial score (nSPS) is 28.6. The van der Waals surface area contributed by atoms with Gasteiger partial charge in [0.15, 0.2) is 0 Å². The molecule has 1 saturated carbocycles. The van der Waals surface area contributed by atoms with Crippen molar-refractivity contribution in [2.75, 3.05) is 7.11 Å². The van der Waals surface area contributed by atoms with Crippen LogP contribution in [0, 0.1) is 11.8 Å². The van der Waals surface area contributed by atoms with Crippen molar-refractivity contribution in [2.45, 2.75) is 51.7 Å². The quantitative estimate of drug-likeness (QED) is 0.753. The SMILES string of the molecule is COC(=O)[C@H]1CC(C(=O)OC(C)(C)C)CC[C@H]1N. The Morgan fingerprint density at radius 3 is 2.28 bits per heavy atom. The average molecular weight is 257 g/mol. The summed E-state index contributed by atoms with van der Waals surface area (Å²) in [4.78, 5) is 23.5. The largest absolute Gasteiger partial charge is 0.469 e. The zero-order valence-electron chi connectivity index (χ0n) is 11.6. The third-order valence-electron chi connectivity index (χ3n) is 3.15. The van der Waals surface area contributed by atoms with E-state index in [0.29, 0.717) is 19.3 Å². The van der Waals surface area contributed by atoms with E-state index in [1.807, 2.05) is 20.8 Å². The summed E-state index contributed by atoms with van der Waals surface area (Å²) in [5, 5.41) is 0. The van der Waals surface area contributed by atoms with E-state index < -0.39 is 11.5 Å². The maximum atomic E-state index is 12.0. The van der Waals surface area contributed by atoms with Crippen LogP contribution in [0.3, 0.4) is 0 Å². The maximum Gasteiger partial charge on any atom is 0.310 e. The molecule has 2 N–H and O–H groups in total. The second-order valence-electron chi connectivity index (χ2n) is 5.84. The summed E-state index contributed by atoms with van der Waals surface area (Å²) in [5.74, 6) is -1.24. The molecule has 1 unspecified atom stereocenters. The highest BCUT2D eigenvalue weighted by Gasteiger charge is 2.38. The zero-order valence-corrected chi connectivity index (χ0v) is 11.6. The van der Waals surface area contributed by atoms with Crippen LogP contribution in [0.5, 0.6) is 0 Å². The molecule has 18 heavy (non-hydrogen) atoms. The molecule has 0 aromatic heterocycles. The number of hydrogen-bond donors (Lipinski definition) is 1. The number of ether oxygens (including phenoxy) is 2. The summed E-state index contributed by atoms with van der Waals surface area (Å²) in [6.07, 6.45) is 1.73. The number of carbonyl (C=O) groups is 2. The van der Waals surface area contributed by atoms with Crippen LogP contribution < -0.4 is 5.73 Å². The number of carbonyl (C=O) groups excluding carboxylic acids is 2. The van der Waals surface area contributed by atoms with Gasteiger partial charge in [-0.1, -0.05) is 0 Å². The lowest BCUT2D eigenvalue weighted by Crippen LogP contribution is -2.43. The van der Waals surface area contributed by atoms with Crippen molar-refractivity contribution in [1.29, 1.82) is 0 Å². The number of methoxy groups -OCH3 is 1. The highest BCUT2D eigenvalue weighted by Crippen LogP contribution is 2.31. The third-order valence-corrected chi connectivity index (χ3v) is 3.15. The molecule has 1 rings (SSSR count). The van der Waals surface area contributed by atoms with E-state index in [4.69, 9.17) is 15.2 Å². The number of rotatable bonds is 2. The van der Waals surface area contributed by atoms with Gasteiger partial charge in [-0.25, -0.2) is 0 Å². The number of hydrogen-bond acceptors (Lipinski definition) is 5. The molecule has 0 bridgehead atoms. The minimum absolute atomic E-state index is 0.226. The topological polar surface area (TPSA) is 78.6 Å². The zero-order chi connectivity index (χ0) is 13.9. The van der Waals surface area contributed by atoms with Gasteiger partial charge >= 0.3 is 11.9 Å². The molecular weight excluding hydrogens is 234 g/mol. The second kappa shape index (κ2) is 5.69. The van der Waals surface area contributed by atoms with Gasteiger partial charge in [0.05, 0.1) is 18.9 Å². The standard InChI is InChI=1S/C13H23NO4/c1-13(2,3)18-11(15)8-5-6-10(14)9(7-8)12(16)17-4/h8-10H,5-7,14H2,1-4H3/t8?,9-,10+/m0/s1. The molecule has 0 amide bonds. The van der Waals surface area contributed by atoms with Crippen LogP contribution in [0.1, 0.15) is 40.0 Å². The van der Waals surface area contributed by atoms with Crippen LogP contribution in [0.4, 0.5) is 0 Å². The fourth-order valence-corrected chi connectivity index (χ4v) is 2.22. The predicted octanol–water partition coefficient (Wildman–Crippen LogP) is 1.24. The average Bonchev–Trinajstić information content (AvgIpc) is 2.26. The Bertz CT molecular complexity index is 321. The van der Waals surface area contributed by atoms with E-state index in [1.165, 1.54) is 7.11 Å². The minimum Gasteiger partial charge on any atom is -0.469 e. The lowest BCUT2D eigenvalue weighted by molar-refractivity contribution is -0.163. The molecule has 0 heterocycles. The minimum atomic E-state index is -0.503. The molecule has 5 heteroatoms. The van der Waals surface area contributed by atoms with Gasteiger partial charge in [0.25, 0.3) is 0 Å². The first-order valence-corrected chi connectivity index (χ1v) is 6.31. The molecule has 0 radical (unpaired) electrons. The van der Waals surface area contributed by atoms with E-state index in [2.05, 4.69) is 0 Å². The van der Waals surface area contributed by atoms with Crippen LogP contribution in [-0.2, 0) is 19.1 Å². The Hall–Kier alpha value is -1.10. The van der Waals surface area contributed by atoms with Gasteiger partial charge in [0, 0.05) is 6.04 Å². The Balaban J connectivity index is 2.64. The molecule has 0 saturated heterocycles. The van der Waals surface area contributed by atoms with Gasteiger partial charge in [-0.3, -0.25) is 9.59 Å². The van der Waals surface area contributed by atoms with Crippen LogP contribution >= 0.6 is 0 Å². The van der Waals surface area contributed by atoms with Gasteiger partial charge in [0.2, 0.25) is 0 Å². The molecule has 1 aliphatic carbocycles. The van der Waals surface area contributed by atoms with E-state index in [0.717, 1.165) is 0 Å². The summed E-state index contributed by atoms with van der Waals surface area (Å²) in [5.41, 5.74) is 5.39. The smallest absolute Gasteiger partial charge is 0.310 e. The number of nitrogens with two attached hydrogens (primary N) is 1. The van der Waals surface area contributed by atoms with E-state index >= 15 is 0 Å². The first-order chi connectivity index (χ1) is 8.24. The van der Waals surface area contributed by atoms with Crippen LogP contribution in [0.15, 0.2) is 0 Å². The molecule has 1 aliphatic rings. The molecule has 0 spiro atoms. The van der Waals surface area contributed by atoms with Gasteiger partial charge in [-0.05, 0) is 40.0 Å². The fourth-order valence-electron chi connectivity index (χ4n) is 2.22. The molecule has 3 atom stereocenters. The van der Waals surface area contributed by atoms with Gasteiger partial charge in [-0.15, -0.1) is 0 Å². The molecule has 0 aromatic rings. The van der Waals surface area contributed by atoms with Crippen molar-refractivity contribution in [1.82, 2.24) is 0 Å². The van der Waals surface area contributed by atoms with Crippen molar-refractivity contribution in [2.24, 2.45) is 17.6 Å².